The molecule has 2 N–H and O–H groups in total. The van der Waals surface area contributed by atoms with Gasteiger partial charge in [0, 0.05) is 28.2 Å². The Morgan fingerprint density at radius 2 is 0.771 bits per heavy atom. The van der Waals surface area contributed by atoms with E-state index >= 15 is 0 Å². The number of esters is 3. The van der Waals surface area contributed by atoms with Gasteiger partial charge in [0.2, 0.25) is 17.7 Å². The first-order chi connectivity index (χ1) is 54.4. The average molecular weight is 1770 g/mol. The maximum atomic E-state index is 12.4. The molecule has 118 heavy (non-hydrogen) atoms. The predicted octanol–water partition coefficient (Wildman–Crippen LogP) is 17.9. The van der Waals surface area contributed by atoms with Crippen LogP contribution in [0.5, 0.6) is 0 Å². The van der Waals surface area contributed by atoms with Crippen LogP contribution >= 0.6 is 22.6 Å². The summed E-state index contributed by atoms with van der Waals surface area (Å²) in [4.78, 5) is 60.9. The van der Waals surface area contributed by atoms with Gasteiger partial charge in [-0.05, 0) is 283 Å². The Balaban J connectivity index is 0.000000392. The van der Waals surface area contributed by atoms with E-state index in [4.69, 9.17) is 65.4 Å². The van der Waals surface area contributed by atoms with Gasteiger partial charge in [-0.2, -0.15) is 0 Å². The Morgan fingerprint density at radius 3 is 1.10 bits per heavy atom. The van der Waals surface area contributed by atoms with Gasteiger partial charge in [-0.1, -0.05) is 109 Å². The molecule has 4 fully saturated rings. The Labute approximate surface area is 741 Å². The fraction of sp³-hybridized carbons (Fsp3) is 0.667. The minimum atomic E-state index is -1.15. The number of methoxy groups -OCH3 is 1. The Hall–Kier alpha value is -5.46. The Bertz CT molecular complexity index is 3930. The molecule has 3 heterocycles. The number of aliphatic hydroxyl groups is 1. The minimum absolute atomic E-state index is 0. The number of hydrogen-bond acceptors (Lipinski definition) is 22. The van der Waals surface area contributed by atoms with E-state index < -0.39 is 39.6 Å². The van der Waals surface area contributed by atoms with Gasteiger partial charge >= 0.3 is 53.4 Å². The summed E-state index contributed by atoms with van der Waals surface area (Å²) < 4.78 is 80.0. The van der Waals surface area contributed by atoms with Gasteiger partial charge in [-0.3, -0.25) is 0 Å². The van der Waals surface area contributed by atoms with Gasteiger partial charge in [-0.25, -0.2) is 34.1 Å². The van der Waals surface area contributed by atoms with Crippen molar-refractivity contribution in [2.24, 2.45) is 23.7 Å². The van der Waals surface area contributed by atoms with E-state index in [0.717, 1.165) is 164 Å². The van der Waals surface area contributed by atoms with E-state index in [-0.39, 0.29) is 87.3 Å². The van der Waals surface area contributed by atoms with Crippen LogP contribution in [0.1, 0.15) is 266 Å². The van der Waals surface area contributed by atoms with Gasteiger partial charge in [0.1, 0.15) is 58.9 Å². The maximum absolute atomic E-state index is 12.4. The summed E-state index contributed by atoms with van der Waals surface area (Å²) in [6.07, 6.45) is 16.4. The molecule has 10 rings (SSSR count). The van der Waals surface area contributed by atoms with Crippen molar-refractivity contribution < 1.29 is 126 Å². The number of ether oxygens (including phenoxy) is 11. The zero-order valence-electron chi connectivity index (χ0n) is 75.7. The molecular weight excluding hydrogens is 1630 g/mol. The van der Waals surface area contributed by atoms with Crippen LogP contribution in [0.2, 0.25) is 0 Å². The first-order valence-corrected chi connectivity index (χ1v) is 43.0. The van der Waals surface area contributed by atoms with Crippen LogP contribution in [-0.2, 0) is 88.9 Å². The molecule has 0 aliphatic heterocycles. The molecule has 6 aromatic rings. The van der Waals surface area contributed by atoms with Crippen LogP contribution in [-0.4, -0.2) is 154 Å². The van der Waals surface area contributed by atoms with Crippen LogP contribution in [0.4, 0.5) is 0 Å². The van der Waals surface area contributed by atoms with Crippen LogP contribution in [0.15, 0.2) is 86.0 Å². The second-order valence-corrected chi connectivity index (χ2v) is 36.8. The molecule has 0 radical (unpaired) electrons. The minimum Gasteiger partial charge on any atom is -1.00 e. The fourth-order valence-electron chi connectivity index (χ4n) is 13.4. The number of aryl methyl sites for hydroxylation is 6. The number of carboxylic acid groups (broad SMARTS) is 1. The number of hydrogen-bond donors (Lipinski definition) is 2. The molecule has 0 bridgehead atoms. The molecule has 0 spiro atoms. The summed E-state index contributed by atoms with van der Waals surface area (Å²) in [7, 11) is 1.63. The fourth-order valence-corrected chi connectivity index (χ4v) is 14.1. The van der Waals surface area contributed by atoms with E-state index in [1.165, 1.54) is 16.7 Å². The number of aliphatic carboxylic acids is 1. The molecule has 658 valence electrons. The third-order valence-electron chi connectivity index (χ3n) is 20.3. The topological polar surface area (TPSA) is 288 Å². The van der Waals surface area contributed by atoms with Crippen molar-refractivity contribution in [1.82, 2.24) is 15.0 Å². The van der Waals surface area contributed by atoms with Crippen molar-refractivity contribution in [2.45, 2.75) is 331 Å². The van der Waals surface area contributed by atoms with E-state index in [1.54, 1.807) is 48.7 Å². The Kier molecular flexibility index (Phi) is 44.2. The molecular formula is C93H143IN3NaO20. The summed E-state index contributed by atoms with van der Waals surface area (Å²) in [6, 6.07) is 24.5. The second kappa shape index (κ2) is 49.7. The third-order valence-corrected chi connectivity index (χ3v) is 21.0. The molecule has 4 saturated carbocycles. The zero-order valence-corrected chi connectivity index (χ0v) is 78.8. The number of nitrogens with zero attached hydrogens (tertiary/aromatic N) is 3. The molecule has 3 aromatic heterocycles. The number of aromatic nitrogens is 3. The van der Waals surface area contributed by atoms with Gasteiger partial charge < -0.3 is 77.0 Å². The van der Waals surface area contributed by atoms with Crippen molar-refractivity contribution in [1.29, 1.82) is 0 Å². The number of carbonyl (C=O) groups excluding carboxylic acids is 3. The van der Waals surface area contributed by atoms with Crippen molar-refractivity contribution in [3.8, 4) is 34.4 Å². The number of rotatable bonds is 29. The van der Waals surface area contributed by atoms with Gasteiger partial charge in [0.15, 0.2) is 16.8 Å². The standard InChI is InChI=1S/C27H39NO5.C23H31NO5.C15H28O5.C15H28O4.C12H12INO.CH4.Na.H/c1-18-11-13-21(14-12-18)24-28-23(19(2)32-24)17-30-22-10-8-9-20(15-22)16-31-27(6,7)25(29)33-26(3,4)5;1-15-8-10-18(11-9-15)21-24-20(16(2)29-21)14-27-19-7-5-6-17(12-19)13-28-23(3,4)22(25)26;1-15(2,3)20-14(16)10-18-9-12-6-5-7-13(8-12)19-11-17-4;1-14(2,3)19-13(17)15(4,5)18-10-11-7-6-8-12(16)9-11;1-8-3-5-10(6-4-8)12-14-11(7-13)9(2)15-12;;;/h11-14,20,22H,8-10,15-17H2,1-7H3;8-11,17,19H,5-7,12-14H2,1-4H3,(H,25,26);12-13H,5-11H2,1-4H3;11-12,16H,6-10H2,1-5H3;3-6H,7H2,1-2H3;1H4;;/q;;;;;;+1;-1. The number of aliphatic hydroxyl groups excluding tert-OH is 1. The summed E-state index contributed by atoms with van der Waals surface area (Å²) >= 11 is 2.29. The van der Waals surface area contributed by atoms with Crippen molar-refractivity contribution in [3.05, 3.63) is 124 Å². The molecule has 8 unspecified atom stereocenters. The molecule has 0 saturated heterocycles. The SMILES string of the molecule is C.CC(C)(C)OC(=O)C(C)(C)OCC1CCCC(O)C1.COCOC1CCCC(COCC(=O)OC(C)(C)C)C1.Cc1ccc(-c2nc(CI)c(C)o2)cc1.Cc1ccc(-c2nc(COC3CCCC(COC(C)(C)C(=O)O)C3)c(C)o2)cc1.Cc1ccc(-c2nc(COC3CCCC(COC(C)(C)C(=O)OC(C)(C)C)C3)c(C)o2)cc1.[H-].[Na+]. The summed E-state index contributed by atoms with van der Waals surface area (Å²) in [5.41, 5.74) is 4.78. The van der Waals surface area contributed by atoms with Gasteiger partial charge in [0.25, 0.3) is 0 Å². The summed E-state index contributed by atoms with van der Waals surface area (Å²) in [6.45, 7) is 42.1. The Morgan fingerprint density at radius 1 is 0.449 bits per heavy atom. The number of oxazole rings is 3. The maximum Gasteiger partial charge on any atom is 1.00 e. The molecule has 25 heteroatoms. The average Bonchev–Trinajstić information content (AvgIpc) is 1.76. The first kappa shape index (κ1) is 105. The molecule has 23 nitrogen and oxygen atoms in total. The normalized spacial score (nSPS) is 19.8. The first-order valence-electron chi connectivity index (χ1n) is 41.5. The van der Waals surface area contributed by atoms with E-state index in [0.29, 0.717) is 81.9 Å². The van der Waals surface area contributed by atoms with Crippen LogP contribution < -0.4 is 29.6 Å². The number of carbonyl (C=O) groups is 4. The quantitative estimate of drug-likeness (QED) is 0.0110. The van der Waals surface area contributed by atoms with Crippen LogP contribution in [0, 0.1) is 65.2 Å². The van der Waals surface area contributed by atoms with Crippen molar-refractivity contribution >= 4 is 46.5 Å². The van der Waals surface area contributed by atoms with E-state index in [2.05, 4.69) is 82.6 Å². The number of alkyl halides is 1. The predicted molar refractivity (Wildman–Crippen MR) is 464 cm³/mol. The van der Waals surface area contributed by atoms with Crippen molar-refractivity contribution in [3.63, 3.8) is 0 Å². The molecule has 3 aromatic carbocycles. The second-order valence-electron chi connectivity index (χ2n) is 36.0. The molecule has 4 aliphatic rings. The van der Waals surface area contributed by atoms with E-state index in [1.807, 2.05) is 132 Å². The van der Waals surface area contributed by atoms with E-state index in [9.17, 15) is 29.4 Å². The summed E-state index contributed by atoms with van der Waals surface area (Å²) in [5, 5.41) is 18.8. The smallest absolute Gasteiger partial charge is 1.00 e. The molecule has 4 aliphatic carbocycles. The largest absolute Gasteiger partial charge is 1.00 e. The molecule has 0 amide bonds. The van der Waals surface area contributed by atoms with Gasteiger partial charge in [0.05, 0.1) is 69.8 Å². The van der Waals surface area contributed by atoms with Crippen LogP contribution in [0.3, 0.4) is 0 Å². The zero-order chi connectivity index (χ0) is 85.8. The molecule has 8 atom stereocenters. The summed E-state index contributed by atoms with van der Waals surface area (Å²) in [5.74, 6) is 4.00. The number of halogens is 1. The van der Waals surface area contributed by atoms with Gasteiger partial charge in [-0.15, -0.1) is 0 Å². The number of benzene rings is 3. The van der Waals surface area contributed by atoms with Crippen molar-refractivity contribution in [2.75, 3.05) is 46.9 Å². The van der Waals surface area contributed by atoms with Crippen LogP contribution in [0.25, 0.3) is 34.4 Å². The third kappa shape index (κ3) is 38.5. The monoisotopic (exact) mass is 1770 g/mol. The number of carboxylic acids is 1.